The fourth-order valence-corrected chi connectivity index (χ4v) is 3.14. The first-order chi connectivity index (χ1) is 11.6. The van der Waals surface area contributed by atoms with Crippen LogP contribution in [0.3, 0.4) is 0 Å². The second-order valence-electron chi connectivity index (χ2n) is 5.24. The highest BCUT2D eigenvalue weighted by atomic mass is 32.1. The second kappa shape index (κ2) is 8.49. The first-order valence-corrected chi connectivity index (χ1v) is 8.58. The molecule has 0 spiro atoms. The van der Waals surface area contributed by atoms with Crippen LogP contribution >= 0.6 is 11.3 Å². The Morgan fingerprint density at radius 2 is 2.17 bits per heavy atom. The van der Waals surface area contributed by atoms with Crippen LogP contribution in [0.2, 0.25) is 0 Å². The van der Waals surface area contributed by atoms with Crippen molar-refractivity contribution >= 4 is 23.3 Å². The van der Waals surface area contributed by atoms with Crippen molar-refractivity contribution in [2.75, 3.05) is 14.2 Å². The first-order valence-electron chi connectivity index (χ1n) is 7.70. The van der Waals surface area contributed by atoms with E-state index in [4.69, 9.17) is 9.47 Å². The quantitative estimate of drug-likeness (QED) is 0.776. The van der Waals surface area contributed by atoms with E-state index in [2.05, 4.69) is 10.3 Å². The smallest absolute Gasteiger partial charge is 0.244 e. The van der Waals surface area contributed by atoms with Crippen molar-refractivity contribution in [2.45, 2.75) is 26.3 Å². The molecule has 0 bridgehead atoms. The summed E-state index contributed by atoms with van der Waals surface area (Å²) < 4.78 is 10.5. The number of carbonyl (C=O) groups is 1. The maximum absolute atomic E-state index is 12.2. The molecule has 24 heavy (non-hydrogen) atoms. The van der Waals surface area contributed by atoms with Crippen LogP contribution in [-0.2, 0) is 4.79 Å². The van der Waals surface area contributed by atoms with Crippen LogP contribution in [0.1, 0.15) is 35.7 Å². The number of aromatic nitrogens is 1. The van der Waals surface area contributed by atoms with E-state index < -0.39 is 0 Å². The Kier molecular flexibility index (Phi) is 6.37. The Morgan fingerprint density at radius 3 is 2.75 bits per heavy atom. The highest BCUT2D eigenvalue weighted by Gasteiger charge is 2.14. The van der Waals surface area contributed by atoms with Gasteiger partial charge in [-0.25, -0.2) is 4.98 Å². The molecule has 2 rings (SSSR count). The van der Waals surface area contributed by atoms with Gasteiger partial charge in [-0.2, -0.15) is 0 Å². The van der Waals surface area contributed by atoms with Crippen LogP contribution in [-0.4, -0.2) is 25.1 Å². The molecule has 0 aliphatic heterocycles. The summed E-state index contributed by atoms with van der Waals surface area (Å²) in [6.45, 7) is 3.97. The standard InChI is InChI=1S/C18H22N2O3S/c1-5-15(18-19-12(2)11-24-18)20-17(21)9-7-13-6-8-14(22-3)10-16(13)23-4/h6-11,15H,5H2,1-4H3,(H,20,21)/b9-7+. The van der Waals surface area contributed by atoms with E-state index in [-0.39, 0.29) is 11.9 Å². The van der Waals surface area contributed by atoms with Gasteiger partial charge in [0.25, 0.3) is 0 Å². The van der Waals surface area contributed by atoms with Crippen LogP contribution in [0.4, 0.5) is 0 Å². The van der Waals surface area contributed by atoms with Crippen LogP contribution < -0.4 is 14.8 Å². The molecule has 2 aromatic rings. The highest BCUT2D eigenvalue weighted by Crippen LogP contribution is 2.25. The van der Waals surface area contributed by atoms with Crippen molar-refractivity contribution in [2.24, 2.45) is 0 Å². The number of thiazole rings is 1. The van der Waals surface area contributed by atoms with Gasteiger partial charge in [0, 0.05) is 28.8 Å². The minimum Gasteiger partial charge on any atom is -0.497 e. The van der Waals surface area contributed by atoms with Crippen molar-refractivity contribution in [3.05, 3.63) is 45.9 Å². The molecule has 6 heteroatoms. The van der Waals surface area contributed by atoms with E-state index in [0.717, 1.165) is 22.7 Å². The van der Waals surface area contributed by atoms with Gasteiger partial charge in [-0.1, -0.05) is 6.92 Å². The zero-order chi connectivity index (χ0) is 17.5. The summed E-state index contributed by atoms with van der Waals surface area (Å²) in [6.07, 6.45) is 4.03. The van der Waals surface area contributed by atoms with Gasteiger partial charge in [-0.3, -0.25) is 4.79 Å². The average Bonchev–Trinajstić information content (AvgIpc) is 3.03. The number of hydrogen-bond donors (Lipinski definition) is 1. The van der Waals surface area contributed by atoms with Gasteiger partial charge in [0.05, 0.1) is 20.3 Å². The van der Waals surface area contributed by atoms with Crippen LogP contribution in [0, 0.1) is 6.92 Å². The maximum atomic E-state index is 12.2. The molecule has 5 nitrogen and oxygen atoms in total. The monoisotopic (exact) mass is 346 g/mol. The normalized spacial score (nSPS) is 12.2. The lowest BCUT2D eigenvalue weighted by atomic mass is 10.1. The number of ether oxygens (including phenoxy) is 2. The average molecular weight is 346 g/mol. The lowest BCUT2D eigenvalue weighted by molar-refractivity contribution is -0.117. The van der Waals surface area contributed by atoms with E-state index in [1.54, 1.807) is 37.7 Å². The van der Waals surface area contributed by atoms with Crippen molar-refractivity contribution in [3.8, 4) is 11.5 Å². The van der Waals surface area contributed by atoms with Crippen LogP contribution in [0.15, 0.2) is 29.7 Å². The largest absolute Gasteiger partial charge is 0.497 e. The van der Waals surface area contributed by atoms with Crippen molar-refractivity contribution in [1.82, 2.24) is 10.3 Å². The molecular formula is C18H22N2O3S. The topological polar surface area (TPSA) is 60.5 Å². The third-order valence-electron chi connectivity index (χ3n) is 3.51. The molecule has 0 saturated carbocycles. The lowest BCUT2D eigenvalue weighted by Crippen LogP contribution is -2.26. The molecule has 128 valence electrons. The Bertz CT molecular complexity index is 725. The summed E-state index contributed by atoms with van der Waals surface area (Å²) >= 11 is 1.57. The minimum absolute atomic E-state index is 0.0707. The Hall–Kier alpha value is -2.34. The summed E-state index contributed by atoms with van der Waals surface area (Å²) in [4.78, 5) is 16.6. The molecule has 0 radical (unpaired) electrons. The maximum Gasteiger partial charge on any atom is 0.244 e. The third kappa shape index (κ3) is 4.58. The predicted molar refractivity (Wildman–Crippen MR) is 96.6 cm³/mol. The van der Waals surface area contributed by atoms with E-state index in [1.807, 2.05) is 31.4 Å². The SMILES string of the molecule is CCC(NC(=O)/C=C/c1ccc(OC)cc1OC)c1nc(C)cs1. The molecule has 0 aliphatic rings. The van der Waals surface area contributed by atoms with E-state index in [0.29, 0.717) is 11.5 Å². The van der Waals surface area contributed by atoms with E-state index in [1.165, 1.54) is 6.08 Å². The Labute approximate surface area is 146 Å². The second-order valence-corrected chi connectivity index (χ2v) is 6.13. The third-order valence-corrected chi connectivity index (χ3v) is 4.59. The molecule has 1 unspecified atom stereocenters. The van der Waals surface area contributed by atoms with Crippen LogP contribution in [0.5, 0.6) is 11.5 Å². The van der Waals surface area contributed by atoms with Gasteiger partial charge in [0.2, 0.25) is 5.91 Å². The number of carbonyl (C=O) groups excluding carboxylic acids is 1. The number of methoxy groups -OCH3 is 2. The summed E-state index contributed by atoms with van der Waals surface area (Å²) in [6, 6.07) is 5.39. The summed E-state index contributed by atoms with van der Waals surface area (Å²) in [5.41, 5.74) is 1.79. The number of amides is 1. The van der Waals surface area contributed by atoms with E-state index >= 15 is 0 Å². The molecule has 1 atom stereocenters. The molecule has 1 N–H and O–H groups in total. The van der Waals surface area contributed by atoms with Crippen molar-refractivity contribution in [1.29, 1.82) is 0 Å². The predicted octanol–water partition coefficient (Wildman–Crippen LogP) is 3.75. The molecule has 1 heterocycles. The molecule has 1 aromatic carbocycles. The highest BCUT2D eigenvalue weighted by molar-refractivity contribution is 7.09. The number of nitrogens with one attached hydrogen (secondary N) is 1. The van der Waals surface area contributed by atoms with Crippen molar-refractivity contribution < 1.29 is 14.3 Å². The molecule has 0 aliphatic carbocycles. The summed E-state index contributed by atoms with van der Waals surface area (Å²) in [5.74, 6) is 1.20. The first kappa shape index (κ1) is 18.0. The molecular weight excluding hydrogens is 324 g/mol. The Morgan fingerprint density at radius 1 is 1.38 bits per heavy atom. The zero-order valence-electron chi connectivity index (χ0n) is 14.3. The molecule has 0 saturated heterocycles. The van der Waals surface area contributed by atoms with Gasteiger partial charge in [-0.15, -0.1) is 11.3 Å². The number of rotatable bonds is 7. The van der Waals surface area contributed by atoms with Crippen LogP contribution in [0.25, 0.3) is 6.08 Å². The number of aryl methyl sites for hydroxylation is 1. The fraction of sp³-hybridized carbons (Fsp3) is 0.333. The van der Waals surface area contributed by atoms with Gasteiger partial charge in [0.15, 0.2) is 0 Å². The van der Waals surface area contributed by atoms with Crippen molar-refractivity contribution in [3.63, 3.8) is 0 Å². The lowest BCUT2D eigenvalue weighted by Gasteiger charge is -2.13. The number of hydrogen-bond acceptors (Lipinski definition) is 5. The number of benzene rings is 1. The van der Waals surface area contributed by atoms with Gasteiger partial charge < -0.3 is 14.8 Å². The van der Waals surface area contributed by atoms with Gasteiger partial charge in [0.1, 0.15) is 16.5 Å². The summed E-state index contributed by atoms with van der Waals surface area (Å²) in [5, 5.41) is 5.90. The minimum atomic E-state index is -0.160. The van der Waals surface area contributed by atoms with E-state index in [9.17, 15) is 4.79 Å². The van der Waals surface area contributed by atoms with Gasteiger partial charge >= 0.3 is 0 Å². The Balaban J connectivity index is 2.07. The van der Waals surface area contributed by atoms with Gasteiger partial charge in [-0.05, 0) is 31.6 Å². The summed E-state index contributed by atoms with van der Waals surface area (Å²) in [7, 11) is 3.19. The molecule has 1 aromatic heterocycles. The molecule has 1 amide bonds. The molecule has 0 fully saturated rings. The zero-order valence-corrected chi connectivity index (χ0v) is 15.1. The fourth-order valence-electron chi connectivity index (χ4n) is 2.21. The number of nitrogens with zero attached hydrogens (tertiary/aromatic N) is 1.